The summed E-state index contributed by atoms with van der Waals surface area (Å²) in [6.45, 7) is 2.01. The van der Waals surface area contributed by atoms with E-state index < -0.39 is 0 Å². The molecule has 0 amide bonds. The van der Waals surface area contributed by atoms with E-state index in [2.05, 4.69) is 161 Å². The zero-order valence-corrected chi connectivity index (χ0v) is 35.7. The van der Waals surface area contributed by atoms with E-state index in [0.717, 1.165) is 67.7 Å². The van der Waals surface area contributed by atoms with Crippen LogP contribution >= 0.6 is 0 Å². The van der Waals surface area contributed by atoms with Crippen LogP contribution in [0.1, 0.15) is 38.2 Å². The number of para-hydroxylation sites is 1. The molecule has 0 aliphatic carbocycles. The molecule has 0 aromatic heterocycles. The van der Waals surface area contributed by atoms with E-state index >= 15 is 0 Å². The molecule has 0 radical (unpaired) electrons. The number of hydrogen-bond acceptors (Lipinski definition) is 5. The maximum absolute atomic E-state index is 13.1. The molecular formula is C59H46N2O3. The third-order valence-electron chi connectivity index (χ3n) is 11.1. The van der Waals surface area contributed by atoms with Gasteiger partial charge in [0.1, 0.15) is 17.2 Å². The number of carbonyl (C=O) groups is 1. The predicted molar refractivity (Wildman–Crippen MR) is 263 cm³/mol. The third-order valence-corrected chi connectivity index (χ3v) is 11.1. The quantitative estimate of drug-likeness (QED) is 0.0807. The van der Waals surface area contributed by atoms with Crippen molar-refractivity contribution in [1.82, 2.24) is 0 Å². The standard InChI is InChI=1S/C59H46N2O3/c1-43-18-22-47(23-19-43)59(62)48-24-36-56(37-25-48)64-57-40-34-54(35-41-57)61(50-26-20-44(21-27-50)42-58(45-12-6-3-7-13-45)46-14-8-4-9-15-46)52-30-28-51(29-31-52)60(49-16-10-5-11-17-49)53-32-38-55(63-2)39-33-53/h3-42H,1-2H3. The smallest absolute Gasteiger partial charge is 0.193 e. The van der Waals surface area contributed by atoms with Gasteiger partial charge in [-0.25, -0.2) is 0 Å². The zero-order valence-electron chi connectivity index (χ0n) is 35.7. The van der Waals surface area contributed by atoms with E-state index in [1.165, 1.54) is 0 Å². The Bertz CT molecular complexity index is 2910. The summed E-state index contributed by atoms with van der Waals surface area (Å²) in [6.07, 6.45) is 2.25. The van der Waals surface area contributed by atoms with Crippen molar-refractivity contribution >= 4 is 51.6 Å². The fraction of sp³-hybridized carbons (Fsp3) is 0.0339. The Morgan fingerprint density at radius 3 is 1.16 bits per heavy atom. The first-order valence-corrected chi connectivity index (χ1v) is 21.3. The third kappa shape index (κ3) is 9.40. The predicted octanol–water partition coefficient (Wildman–Crippen LogP) is 15.6. The van der Waals surface area contributed by atoms with Gasteiger partial charge in [0.25, 0.3) is 0 Å². The molecule has 0 spiro atoms. The number of nitrogens with zero attached hydrogens (tertiary/aromatic N) is 2. The van der Waals surface area contributed by atoms with Crippen LogP contribution in [-0.4, -0.2) is 12.9 Å². The lowest BCUT2D eigenvalue weighted by atomic mass is 9.95. The molecule has 0 fully saturated rings. The fourth-order valence-corrected chi connectivity index (χ4v) is 7.75. The molecule has 9 aromatic carbocycles. The minimum Gasteiger partial charge on any atom is -0.497 e. The van der Waals surface area contributed by atoms with E-state index in [1.807, 2.05) is 97.9 Å². The van der Waals surface area contributed by atoms with Gasteiger partial charge < -0.3 is 19.3 Å². The summed E-state index contributed by atoms with van der Waals surface area (Å²) < 4.78 is 11.8. The van der Waals surface area contributed by atoms with Gasteiger partial charge in [-0.15, -0.1) is 0 Å². The van der Waals surface area contributed by atoms with Gasteiger partial charge >= 0.3 is 0 Å². The van der Waals surface area contributed by atoms with Crippen LogP contribution in [0.3, 0.4) is 0 Å². The molecule has 0 aliphatic rings. The van der Waals surface area contributed by atoms with Crippen LogP contribution in [0.4, 0.5) is 34.1 Å². The van der Waals surface area contributed by atoms with Gasteiger partial charge in [0, 0.05) is 45.3 Å². The second-order valence-corrected chi connectivity index (χ2v) is 15.4. The van der Waals surface area contributed by atoms with Gasteiger partial charge in [-0.1, -0.05) is 121 Å². The molecular weight excluding hydrogens is 785 g/mol. The number of hydrogen-bond donors (Lipinski definition) is 0. The molecule has 0 atom stereocenters. The molecule has 0 heterocycles. The van der Waals surface area contributed by atoms with Crippen LogP contribution in [0.25, 0.3) is 11.6 Å². The largest absolute Gasteiger partial charge is 0.497 e. The van der Waals surface area contributed by atoms with Crippen LogP contribution in [0.2, 0.25) is 0 Å². The maximum Gasteiger partial charge on any atom is 0.193 e. The number of carbonyl (C=O) groups excluding carboxylic acids is 1. The van der Waals surface area contributed by atoms with Crippen molar-refractivity contribution in [3.8, 4) is 17.2 Å². The average Bonchev–Trinajstić information content (AvgIpc) is 3.36. The molecule has 0 aliphatic heterocycles. The Morgan fingerprint density at radius 2 is 0.719 bits per heavy atom. The normalized spacial score (nSPS) is 10.7. The highest BCUT2D eigenvalue weighted by molar-refractivity contribution is 6.09. The maximum atomic E-state index is 13.1. The molecule has 9 rings (SSSR count). The summed E-state index contributed by atoms with van der Waals surface area (Å²) in [6, 6.07) is 79.9. The molecule has 64 heavy (non-hydrogen) atoms. The summed E-state index contributed by atoms with van der Waals surface area (Å²) in [5, 5.41) is 0. The van der Waals surface area contributed by atoms with Gasteiger partial charge in [0.15, 0.2) is 5.78 Å². The van der Waals surface area contributed by atoms with Crippen molar-refractivity contribution in [3.63, 3.8) is 0 Å². The van der Waals surface area contributed by atoms with E-state index in [1.54, 1.807) is 7.11 Å². The van der Waals surface area contributed by atoms with Crippen LogP contribution < -0.4 is 19.3 Å². The Morgan fingerprint density at radius 1 is 0.375 bits per heavy atom. The Labute approximate surface area is 375 Å². The van der Waals surface area contributed by atoms with Crippen molar-refractivity contribution in [3.05, 3.63) is 270 Å². The number of aryl methyl sites for hydroxylation is 1. The van der Waals surface area contributed by atoms with Crippen molar-refractivity contribution < 1.29 is 14.3 Å². The number of ketones is 1. The first-order chi connectivity index (χ1) is 31.5. The number of anilines is 6. The lowest BCUT2D eigenvalue weighted by Crippen LogP contribution is -2.12. The van der Waals surface area contributed by atoms with E-state index in [9.17, 15) is 4.79 Å². The molecule has 5 heteroatoms. The van der Waals surface area contributed by atoms with Crippen LogP contribution in [0.15, 0.2) is 237 Å². The topological polar surface area (TPSA) is 42.0 Å². The second-order valence-electron chi connectivity index (χ2n) is 15.4. The molecule has 9 aromatic rings. The van der Waals surface area contributed by atoms with E-state index in [4.69, 9.17) is 9.47 Å². The second kappa shape index (κ2) is 19.1. The van der Waals surface area contributed by atoms with Crippen molar-refractivity contribution in [2.45, 2.75) is 6.92 Å². The summed E-state index contributed by atoms with van der Waals surface area (Å²) in [5.41, 5.74) is 13.0. The number of benzene rings is 9. The van der Waals surface area contributed by atoms with Gasteiger partial charge in [-0.3, -0.25) is 4.79 Å². The molecule has 0 bridgehead atoms. The van der Waals surface area contributed by atoms with Crippen LogP contribution in [-0.2, 0) is 0 Å². The van der Waals surface area contributed by atoms with Crippen molar-refractivity contribution in [1.29, 1.82) is 0 Å². The highest BCUT2D eigenvalue weighted by Gasteiger charge is 2.17. The average molecular weight is 831 g/mol. The lowest BCUT2D eigenvalue weighted by molar-refractivity contribution is 0.103. The minimum absolute atomic E-state index is 0.0191. The van der Waals surface area contributed by atoms with Gasteiger partial charge in [-0.05, 0) is 157 Å². The number of rotatable bonds is 14. The van der Waals surface area contributed by atoms with Gasteiger partial charge in [-0.2, -0.15) is 0 Å². The first-order valence-electron chi connectivity index (χ1n) is 21.3. The summed E-state index contributed by atoms with van der Waals surface area (Å²) in [5.74, 6) is 2.12. The monoisotopic (exact) mass is 830 g/mol. The van der Waals surface area contributed by atoms with Gasteiger partial charge in [0.2, 0.25) is 0 Å². The number of methoxy groups -OCH3 is 1. The zero-order chi connectivity index (χ0) is 43.7. The molecule has 0 saturated carbocycles. The Kier molecular flexibility index (Phi) is 12.2. The highest BCUT2D eigenvalue weighted by atomic mass is 16.5. The molecule has 5 nitrogen and oxygen atoms in total. The summed E-state index contributed by atoms with van der Waals surface area (Å²) in [4.78, 5) is 17.6. The Hall–Kier alpha value is -8.41. The summed E-state index contributed by atoms with van der Waals surface area (Å²) in [7, 11) is 1.68. The van der Waals surface area contributed by atoms with E-state index in [0.29, 0.717) is 22.6 Å². The lowest BCUT2D eigenvalue weighted by Gasteiger charge is -2.28. The van der Waals surface area contributed by atoms with Crippen LogP contribution in [0, 0.1) is 6.92 Å². The molecule has 0 unspecified atom stereocenters. The van der Waals surface area contributed by atoms with Gasteiger partial charge in [0.05, 0.1) is 7.11 Å². The molecule has 0 N–H and O–H groups in total. The first kappa shape index (κ1) is 41.0. The molecule has 310 valence electrons. The summed E-state index contributed by atoms with van der Waals surface area (Å²) >= 11 is 0. The SMILES string of the molecule is COc1ccc(N(c2ccccc2)c2ccc(N(c3ccc(C=C(c4ccccc4)c4ccccc4)cc3)c3ccc(Oc4ccc(C(=O)c5ccc(C)cc5)cc4)cc3)cc2)cc1. The Balaban J connectivity index is 1.04. The highest BCUT2D eigenvalue weighted by Crippen LogP contribution is 2.40. The van der Waals surface area contributed by atoms with Crippen molar-refractivity contribution in [2.75, 3.05) is 16.9 Å². The van der Waals surface area contributed by atoms with E-state index in [-0.39, 0.29) is 5.78 Å². The minimum atomic E-state index is -0.0191. The van der Waals surface area contributed by atoms with Crippen LogP contribution in [0.5, 0.6) is 17.2 Å². The van der Waals surface area contributed by atoms with Crippen molar-refractivity contribution in [2.24, 2.45) is 0 Å². The molecule has 0 saturated heterocycles. The number of ether oxygens (including phenoxy) is 2. The fourth-order valence-electron chi connectivity index (χ4n) is 7.75.